The van der Waals surface area contributed by atoms with Crippen LogP contribution in [-0.4, -0.2) is 51.8 Å². The van der Waals surface area contributed by atoms with Gasteiger partial charge in [0.25, 0.3) is 0 Å². The second kappa shape index (κ2) is 8.46. The van der Waals surface area contributed by atoms with Crippen molar-refractivity contribution in [1.82, 2.24) is 4.90 Å². The standard InChI is InChI=1S/C15H19NO4S/c1-11(2)16(8-15(19)20)14(18)10-21-9-13(17)12-6-4-3-5-7-12/h3-7,11H,8-10H2,1-2H3,(H,19,20). The highest BCUT2D eigenvalue weighted by molar-refractivity contribution is 8.00. The van der Waals surface area contributed by atoms with Crippen molar-refractivity contribution < 1.29 is 19.5 Å². The number of carbonyl (C=O) groups is 3. The van der Waals surface area contributed by atoms with E-state index in [1.807, 2.05) is 6.07 Å². The molecule has 0 aliphatic rings. The van der Waals surface area contributed by atoms with Gasteiger partial charge in [-0.1, -0.05) is 30.3 Å². The largest absolute Gasteiger partial charge is 0.480 e. The Morgan fingerprint density at radius 3 is 2.29 bits per heavy atom. The summed E-state index contributed by atoms with van der Waals surface area (Å²) in [6, 6.07) is 8.69. The zero-order valence-corrected chi connectivity index (χ0v) is 12.9. The van der Waals surface area contributed by atoms with Crippen molar-refractivity contribution in [3.63, 3.8) is 0 Å². The van der Waals surface area contributed by atoms with E-state index in [9.17, 15) is 14.4 Å². The van der Waals surface area contributed by atoms with Gasteiger partial charge >= 0.3 is 5.97 Å². The van der Waals surface area contributed by atoms with Crippen molar-refractivity contribution >= 4 is 29.4 Å². The van der Waals surface area contributed by atoms with E-state index in [0.29, 0.717) is 5.56 Å². The molecule has 1 amide bonds. The maximum Gasteiger partial charge on any atom is 0.323 e. The Morgan fingerprint density at radius 1 is 1.14 bits per heavy atom. The van der Waals surface area contributed by atoms with E-state index < -0.39 is 5.97 Å². The minimum absolute atomic E-state index is 0.0391. The van der Waals surface area contributed by atoms with Crippen LogP contribution in [0.1, 0.15) is 24.2 Å². The average molecular weight is 309 g/mol. The number of amides is 1. The van der Waals surface area contributed by atoms with Gasteiger partial charge in [0, 0.05) is 11.6 Å². The lowest BCUT2D eigenvalue weighted by Gasteiger charge is -2.24. The maximum absolute atomic E-state index is 12.0. The van der Waals surface area contributed by atoms with E-state index in [-0.39, 0.29) is 35.8 Å². The summed E-state index contributed by atoms with van der Waals surface area (Å²) in [6.07, 6.45) is 0. The molecule has 0 fully saturated rings. The van der Waals surface area contributed by atoms with Gasteiger partial charge in [0.15, 0.2) is 5.78 Å². The fourth-order valence-corrected chi connectivity index (χ4v) is 2.52. The number of rotatable bonds is 8. The van der Waals surface area contributed by atoms with Crippen LogP contribution >= 0.6 is 11.8 Å². The minimum Gasteiger partial charge on any atom is -0.480 e. The molecule has 0 unspecified atom stereocenters. The van der Waals surface area contributed by atoms with Crippen molar-refractivity contribution in [3.05, 3.63) is 35.9 Å². The summed E-state index contributed by atoms with van der Waals surface area (Å²) in [5.74, 6) is -1.04. The molecule has 0 aromatic heterocycles. The Morgan fingerprint density at radius 2 is 1.76 bits per heavy atom. The molecule has 0 radical (unpaired) electrons. The number of hydrogen-bond acceptors (Lipinski definition) is 4. The number of Topliss-reactive ketones (excluding diaryl/α,β-unsaturated/α-hetero) is 1. The lowest BCUT2D eigenvalue weighted by Crippen LogP contribution is -2.41. The van der Waals surface area contributed by atoms with Crippen LogP contribution in [0.4, 0.5) is 0 Å². The van der Waals surface area contributed by atoms with E-state index >= 15 is 0 Å². The number of benzene rings is 1. The molecule has 0 heterocycles. The number of carboxylic acids is 1. The molecule has 0 aliphatic heterocycles. The van der Waals surface area contributed by atoms with Crippen molar-refractivity contribution in [2.75, 3.05) is 18.1 Å². The second-order valence-corrected chi connectivity index (χ2v) is 5.78. The molecule has 21 heavy (non-hydrogen) atoms. The molecule has 0 atom stereocenters. The zero-order valence-electron chi connectivity index (χ0n) is 12.1. The van der Waals surface area contributed by atoms with Crippen LogP contribution in [0, 0.1) is 0 Å². The molecule has 0 saturated carbocycles. The lowest BCUT2D eigenvalue weighted by atomic mass is 10.2. The van der Waals surface area contributed by atoms with Crippen LogP contribution in [0.5, 0.6) is 0 Å². The van der Waals surface area contributed by atoms with E-state index in [0.717, 1.165) is 0 Å². The van der Waals surface area contributed by atoms with E-state index in [1.165, 1.54) is 16.7 Å². The quantitative estimate of drug-likeness (QED) is 0.743. The molecule has 5 nitrogen and oxygen atoms in total. The topological polar surface area (TPSA) is 74.7 Å². The van der Waals surface area contributed by atoms with Crippen molar-refractivity contribution in [3.8, 4) is 0 Å². The smallest absolute Gasteiger partial charge is 0.323 e. The number of hydrogen-bond donors (Lipinski definition) is 1. The molecule has 0 spiro atoms. The highest BCUT2D eigenvalue weighted by Gasteiger charge is 2.19. The molecule has 1 N–H and O–H groups in total. The summed E-state index contributed by atoms with van der Waals surface area (Å²) < 4.78 is 0. The van der Waals surface area contributed by atoms with Crippen LogP contribution < -0.4 is 0 Å². The summed E-state index contributed by atoms with van der Waals surface area (Å²) >= 11 is 1.20. The first-order valence-corrected chi connectivity index (χ1v) is 7.74. The van der Waals surface area contributed by atoms with Gasteiger partial charge in [-0.05, 0) is 13.8 Å². The lowest BCUT2D eigenvalue weighted by molar-refractivity contribution is -0.144. The number of thioether (sulfide) groups is 1. The molecule has 0 aliphatic carbocycles. The fourth-order valence-electron chi connectivity index (χ4n) is 1.73. The predicted molar refractivity (Wildman–Crippen MR) is 82.6 cm³/mol. The molecule has 114 valence electrons. The molecule has 1 aromatic carbocycles. The zero-order chi connectivity index (χ0) is 15.8. The Labute approximate surface area is 128 Å². The Kier molecular flexibility index (Phi) is 6.94. The first kappa shape index (κ1) is 17.2. The first-order chi connectivity index (χ1) is 9.91. The Hall–Kier alpha value is -1.82. The van der Waals surface area contributed by atoms with Gasteiger partial charge in [-0.3, -0.25) is 14.4 Å². The van der Waals surface area contributed by atoms with Gasteiger partial charge in [0.1, 0.15) is 6.54 Å². The highest BCUT2D eigenvalue weighted by Crippen LogP contribution is 2.10. The Balaban J connectivity index is 2.45. The van der Waals surface area contributed by atoms with Crippen molar-refractivity contribution in [2.45, 2.75) is 19.9 Å². The molecular weight excluding hydrogens is 290 g/mol. The van der Waals surface area contributed by atoms with E-state index in [1.54, 1.807) is 38.1 Å². The third kappa shape index (κ3) is 5.99. The normalized spacial score (nSPS) is 10.4. The fraction of sp³-hybridized carbons (Fsp3) is 0.400. The van der Waals surface area contributed by atoms with Gasteiger partial charge < -0.3 is 10.0 Å². The van der Waals surface area contributed by atoms with Crippen LogP contribution in [0.3, 0.4) is 0 Å². The maximum atomic E-state index is 12.0. The third-order valence-electron chi connectivity index (χ3n) is 2.80. The number of aliphatic carboxylic acids is 1. The number of carboxylic acid groups (broad SMARTS) is 1. The minimum atomic E-state index is -1.04. The number of carbonyl (C=O) groups excluding carboxylic acids is 2. The predicted octanol–water partition coefficient (Wildman–Crippen LogP) is 1.92. The number of nitrogens with zero attached hydrogens (tertiary/aromatic N) is 1. The van der Waals surface area contributed by atoms with Crippen LogP contribution in [0.2, 0.25) is 0 Å². The number of ketones is 1. The Bertz CT molecular complexity index is 502. The third-order valence-corrected chi connectivity index (χ3v) is 3.72. The molecule has 6 heteroatoms. The monoisotopic (exact) mass is 309 g/mol. The van der Waals surface area contributed by atoms with Crippen molar-refractivity contribution in [1.29, 1.82) is 0 Å². The van der Waals surface area contributed by atoms with Crippen molar-refractivity contribution in [2.24, 2.45) is 0 Å². The van der Waals surface area contributed by atoms with E-state index in [4.69, 9.17) is 5.11 Å². The van der Waals surface area contributed by atoms with E-state index in [2.05, 4.69) is 0 Å². The summed E-state index contributed by atoms with van der Waals surface area (Å²) in [6.45, 7) is 3.21. The first-order valence-electron chi connectivity index (χ1n) is 6.59. The van der Waals surface area contributed by atoms with Gasteiger partial charge in [-0.25, -0.2) is 0 Å². The summed E-state index contributed by atoms with van der Waals surface area (Å²) in [5, 5.41) is 8.79. The van der Waals surface area contributed by atoms with Crippen LogP contribution in [-0.2, 0) is 9.59 Å². The molecular formula is C15H19NO4S. The SMILES string of the molecule is CC(C)N(CC(=O)O)C(=O)CSCC(=O)c1ccccc1. The van der Waals surface area contributed by atoms with Crippen LogP contribution in [0.15, 0.2) is 30.3 Å². The highest BCUT2D eigenvalue weighted by atomic mass is 32.2. The second-order valence-electron chi connectivity index (χ2n) is 4.79. The van der Waals surface area contributed by atoms with Gasteiger partial charge in [0.2, 0.25) is 5.91 Å². The van der Waals surface area contributed by atoms with Crippen LogP contribution in [0.25, 0.3) is 0 Å². The molecule has 0 saturated heterocycles. The molecule has 0 bridgehead atoms. The molecule has 1 rings (SSSR count). The molecule has 1 aromatic rings. The van der Waals surface area contributed by atoms with Gasteiger partial charge in [0.05, 0.1) is 11.5 Å². The summed E-state index contributed by atoms with van der Waals surface area (Å²) in [4.78, 5) is 35.9. The average Bonchev–Trinajstić information content (AvgIpc) is 2.45. The van der Waals surface area contributed by atoms with Gasteiger partial charge in [-0.15, -0.1) is 11.8 Å². The van der Waals surface area contributed by atoms with Gasteiger partial charge in [-0.2, -0.15) is 0 Å². The summed E-state index contributed by atoms with van der Waals surface area (Å²) in [7, 11) is 0. The summed E-state index contributed by atoms with van der Waals surface area (Å²) in [5.41, 5.74) is 0.615.